The third-order valence-electron chi connectivity index (χ3n) is 5.14. The van der Waals surface area contributed by atoms with Crippen molar-refractivity contribution in [3.63, 3.8) is 0 Å². The Hall–Kier alpha value is -1.52. The fraction of sp³-hybridized carbons (Fsp3) is 0.556. The van der Waals surface area contributed by atoms with Crippen LogP contribution in [0, 0.1) is 5.92 Å². The predicted octanol–water partition coefficient (Wildman–Crippen LogP) is 1.50. The van der Waals surface area contributed by atoms with Crippen LogP contribution in [-0.4, -0.2) is 48.8 Å². The van der Waals surface area contributed by atoms with E-state index in [1.165, 1.54) is 19.3 Å². The van der Waals surface area contributed by atoms with Crippen molar-refractivity contribution in [1.29, 1.82) is 0 Å². The van der Waals surface area contributed by atoms with Gasteiger partial charge in [0.05, 0.1) is 11.2 Å². The van der Waals surface area contributed by atoms with E-state index in [-0.39, 0.29) is 35.6 Å². The van der Waals surface area contributed by atoms with Crippen molar-refractivity contribution in [1.82, 2.24) is 4.90 Å². The molecule has 2 bridgehead atoms. The minimum Gasteiger partial charge on any atom is -0.493 e. The Kier molecular flexibility index (Phi) is 1.28. The zero-order chi connectivity index (χ0) is 22.9. The minimum atomic E-state index is -2.82. The highest BCUT2D eigenvalue weighted by Gasteiger charge is 2.64. The highest BCUT2D eigenvalue weighted by Crippen LogP contribution is 2.62. The zero-order valence-electron chi connectivity index (χ0n) is 20.9. The normalized spacial score (nSPS) is 56.5. The van der Waals surface area contributed by atoms with E-state index in [2.05, 4.69) is 0 Å². The first kappa shape index (κ1) is 6.93. The Balaban J connectivity index is 1.99. The number of piperidine rings is 1. The Morgan fingerprint density at radius 2 is 2.50 bits per heavy atom. The topological polar surface area (TPSA) is 41.9 Å². The maximum atomic E-state index is 10.8. The molecule has 5 atom stereocenters. The molecule has 2 aliphatic carbocycles. The molecule has 4 aliphatic rings. The number of hydrogen-bond donors (Lipinski definition) is 1. The number of likely N-dealkylation sites (N-methyl/N-ethyl adjacent to an activating group) is 1. The summed E-state index contributed by atoms with van der Waals surface area (Å²) in [6, 6.07) is -3.46. The van der Waals surface area contributed by atoms with Crippen LogP contribution >= 0.6 is 0 Å². The van der Waals surface area contributed by atoms with Crippen molar-refractivity contribution >= 4 is 0 Å². The van der Waals surface area contributed by atoms with Gasteiger partial charge in [-0.3, -0.25) is 0 Å². The largest absolute Gasteiger partial charge is 0.493 e. The summed E-state index contributed by atoms with van der Waals surface area (Å²) in [5, 5.41) is 10.8. The highest BCUT2D eigenvalue weighted by molar-refractivity contribution is 5.62. The molecule has 1 aromatic rings. The number of likely N-dealkylation sites (tertiary alicyclic amines) is 1. The number of benzene rings is 1. The lowest BCUT2D eigenvalue weighted by molar-refractivity contribution is -0.0453. The van der Waals surface area contributed by atoms with Crippen molar-refractivity contribution in [2.24, 2.45) is 5.92 Å². The van der Waals surface area contributed by atoms with Gasteiger partial charge in [-0.05, 0) is 37.9 Å². The second-order valence-corrected chi connectivity index (χ2v) is 6.02. The van der Waals surface area contributed by atoms with Crippen LogP contribution in [-0.2, 0) is 11.8 Å². The van der Waals surface area contributed by atoms with Crippen molar-refractivity contribution in [3.05, 3.63) is 35.4 Å². The summed E-state index contributed by atoms with van der Waals surface area (Å²) in [6.45, 7) is -3.05. The number of methoxy groups -OCH3 is 1. The molecule has 1 saturated heterocycles. The van der Waals surface area contributed by atoms with Gasteiger partial charge in [0.25, 0.3) is 0 Å². The lowest BCUT2D eigenvalue weighted by Gasteiger charge is -2.56. The minimum absolute atomic E-state index is 0.0163. The van der Waals surface area contributed by atoms with E-state index in [1.807, 2.05) is 0 Å². The monoisotopic (exact) mass is 308 g/mol. The van der Waals surface area contributed by atoms with Gasteiger partial charge in [0.2, 0.25) is 0 Å². The molecule has 1 aromatic carbocycles. The van der Waals surface area contributed by atoms with E-state index >= 15 is 0 Å². The standard InChI is InChI=1S/C18H21NO3/c1-19-8-7-18-11-4-5-13(20)17(18)22-16-14(21-2)6-3-10(15(16)18)9-12(11)19/h3-6,11-13,17,20H,7-9H2,1-2H3/t11-,12+,13?,17?,18-/m0/s1/i1D3,3D,6D,9D2,12D,17D. The molecule has 1 fully saturated rings. The van der Waals surface area contributed by atoms with Crippen LogP contribution in [0.1, 0.15) is 29.9 Å². The summed E-state index contributed by atoms with van der Waals surface area (Å²) in [6.07, 6.45) is -3.62. The first-order chi connectivity index (χ1) is 14.2. The lowest BCUT2D eigenvalue weighted by atomic mass is 9.53. The number of rotatable bonds is 1. The van der Waals surface area contributed by atoms with Crippen LogP contribution in [0.3, 0.4) is 0 Å². The van der Waals surface area contributed by atoms with Gasteiger partial charge in [-0.25, -0.2) is 0 Å². The fourth-order valence-corrected chi connectivity index (χ4v) is 4.23. The maximum Gasteiger partial charge on any atom is 0.165 e. The SMILES string of the molecule is [2H]c1c([2H])c2c3c(c1OC)OC1([2H])C(O)C=C[C@@H]4[C@@]31CCN(C([2H])([2H])[2H])[C@]4([2H])C2([2H])[2H]. The third kappa shape index (κ3) is 1.28. The van der Waals surface area contributed by atoms with Crippen molar-refractivity contribution < 1.29 is 26.9 Å². The molecule has 2 unspecified atom stereocenters. The van der Waals surface area contributed by atoms with Gasteiger partial charge in [-0.15, -0.1) is 0 Å². The van der Waals surface area contributed by atoms with Gasteiger partial charge in [-0.1, -0.05) is 18.2 Å². The second-order valence-electron chi connectivity index (χ2n) is 6.02. The number of nitrogens with zero attached hydrogens (tertiary/aromatic N) is 1. The highest BCUT2D eigenvalue weighted by atomic mass is 16.5. The molecule has 0 radical (unpaired) electrons. The van der Waals surface area contributed by atoms with Crippen LogP contribution in [0.2, 0.25) is 0 Å². The molecule has 1 spiro atoms. The molecule has 116 valence electrons. The summed E-state index contributed by atoms with van der Waals surface area (Å²) in [5.41, 5.74) is -1.70. The van der Waals surface area contributed by atoms with E-state index in [0.717, 1.165) is 4.90 Å². The van der Waals surface area contributed by atoms with E-state index in [4.69, 9.17) is 20.4 Å². The average Bonchev–Trinajstić information content (AvgIpc) is 2.91. The van der Waals surface area contributed by atoms with Crippen molar-refractivity contribution in [2.45, 2.75) is 36.4 Å². The molecular formula is C18H21NO3. The maximum absolute atomic E-state index is 10.8. The summed E-state index contributed by atoms with van der Waals surface area (Å²) >= 11 is 0. The van der Waals surface area contributed by atoms with Crippen LogP contribution in [0.25, 0.3) is 0 Å². The first-order valence-electron chi connectivity index (χ1n) is 11.8. The molecule has 2 aliphatic heterocycles. The second kappa shape index (κ2) is 4.06. The Morgan fingerprint density at radius 3 is 3.32 bits per heavy atom. The fourth-order valence-electron chi connectivity index (χ4n) is 4.23. The summed E-state index contributed by atoms with van der Waals surface area (Å²) in [4.78, 5) is 0.798. The van der Waals surface area contributed by atoms with Crippen LogP contribution in [0.4, 0.5) is 0 Å². The Labute approximate surface area is 143 Å². The molecular weight excluding hydrogens is 278 g/mol. The summed E-state index contributed by atoms with van der Waals surface area (Å²) in [5.74, 6) is -1.40. The molecule has 1 N–H and O–H groups in total. The van der Waals surface area contributed by atoms with Gasteiger partial charge < -0.3 is 19.5 Å². The molecule has 0 aromatic heterocycles. The smallest absolute Gasteiger partial charge is 0.165 e. The van der Waals surface area contributed by atoms with Gasteiger partial charge in [-0.2, -0.15) is 0 Å². The van der Waals surface area contributed by atoms with Crippen LogP contribution < -0.4 is 9.47 Å². The van der Waals surface area contributed by atoms with E-state index in [1.54, 1.807) is 0 Å². The molecule has 4 heteroatoms. The van der Waals surface area contributed by atoms with Crippen LogP contribution in [0.5, 0.6) is 11.5 Å². The Bertz CT molecular complexity index is 1040. The van der Waals surface area contributed by atoms with Gasteiger partial charge in [0, 0.05) is 31.1 Å². The van der Waals surface area contributed by atoms with E-state index in [9.17, 15) is 6.48 Å². The van der Waals surface area contributed by atoms with Crippen molar-refractivity contribution in [3.8, 4) is 11.5 Å². The molecule has 0 amide bonds. The Morgan fingerprint density at radius 1 is 1.59 bits per heavy atom. The molecule has 4 nitrogen and oxygen atoms in total. The summed E-state index contributed by atoms with van der Waals surface area (Å²) < 4.78 is 88.3. The average molecular weight is 308 g/mol. The molecule has 2 heterocycles. The predicted molar refractivity (Wildman–Crippen MR) is 82.5 cm³/mol. The quantitative estimate of drug-likeness (QED) is 0.799. The van der Waals surface area contributed by atoms with E-state index < -0.39 is 55.0 Å². The summed E-state index contributed by atoms with van der Waals surface area (Å²) in [7, 11) is 1.27. The van der Waals surface area contributed by atoms with Crippen molar-refractivity contribution in [2.75, 3.05) is 20.6 Å². The zero-order valence-corrected chi connectivity index (χ0v) is 11.9. The number of hydrogen-bond acceptors (Lipinski definition) is 4. The molecule has 0 saturated carbocycles. The third-order valence-corrected chi connectivity index (χ3v) is 5.14. The van der Waals surface area contributed by atoms with Crippen LogP contribution in [0.15, 0.2) is 24.2 Å². The number of ether oxygens (including phenoxy) is 2. The first-order valence-corrected chi connectivity index (χ1v) is 7.26. The molecule has 22 heavy (non-hydrogen) atoms. The lowest BCUT2D eigenvalue weighted by Crippen LogP contribution is -2.64. The van der Waals surface area contributed by atoms with E-state index in [0.29, 0.717) is 0 Å². The van der Waals surface area contributed by atoms with Gasteiger partial charge >= 0.3 is 0 Å². The molecule has 5 rings (SSSR count). The van der Waals surface area contributed by atoms with Gasteiger partial charge in [0.15, 0.2) is 11.5 Å². The number of aliphatic hydroxyl groups excluding tert-OH is 1. The number of aliphatic hydroxyl groups is 1. The van der Waals surface area contributed by atoms with Gasteiger partial charge in [0.1, 0.15) is 12.2 Å².